The number of benzene rings is 1. The number of carbonyl (C=O) groups excluding carboxylic acids is 1. The lowest BCUT2D eigenvalue weighted by Gasteiger charge is -2.34. The lowest BCUT2D eigenvalue weighted by atomic mass is 9.83. The summed E-state index contributed by atoms with van der Waals surface area (Å²) in [5.74, 6) is 0.964. The van der Waals surface area contributed by atoms with Crippen molar-refractivity contribution in [1.82, 2.24) is 4.90 Å². The van der Waals surface area contributed by atoms with Crippen LogP contribution in [0.3, 0.4) is 0 Å². The Labute approximate surface area is 163 Å². The summed E-state index contributed by atoms with van der Waals surface area (Å²) in [6.07, 6.45) is 13.0. The average Bonchev–Trinajstić information content (AvgIpc) is 3.51. The number of carbonyl (C=O) groups is 1. The number of rotatable bonds is 5. The Hall–Kier alpha value is -1.38. The van der Waals surface area contributed by atoms with Crippen molar-refractivity contribution in [2.24, 2.45) is 5.92 Å². The lowest BCUT2D eigenvalue weighted by molar-refractivity contribution is -0.135. The molecule has 3 heteroatoms. The summed E-state index contributed by atoms with van der Waals surface area (Å²) in [7, 11) is 0. The highest BCUT2D eigenvalue weighted by molar-refractivity contribution is 5.83. The number of halogens is 1. The molecule has 0 aromatic heterocycles. The van der Waals surface area contributed by atoms with Crippen LogP contribution in [-0.4, -0.2) is 23.4 Å². The van der Waals surface area contributed by atoms with Gasteiger partial charge in [0.2, 0.25) is 5.91 Å². The van der Waals surface area contributed by atoms with Gasteiger partial charge in [-0.3, -0.25) is 4.79 Å². The highest BCUT2D eigenvalue weighted by atomic mass is 19.1. The van der Waals surface area contributed by atoms with Gasteiger partial charge < -0.3 is 4.90 Å². The second-order valence-corrected chi connectivity index (χ2v) is 8.98. The van der Waals surface area contributed by atoms with E-state index < -0.39 is 0 Å². The molecule has 4 rings (SSSR count). The normalized spacial score (nSPS) is 26.7. The van der Waals surface area contributed by atoms with Crippen molar-refractivity contribution in [2.45, 2.75) is 95.4 Å². The molecule has 0 aliphatic heterocycles. The van der Waals surface area contributed by atoms with E-state index in [1.54, 1.807) is 6.07 Å². The molecule has 3 fully saturated rings. The van der Waals surface area contributed by atoms with E-state index in [1.165, 1.54) is 38.5 Å². The fourth-order valence-corrected chi connectivity index (χ4v) is 5.55. The molecule has 3 aliphatic rings. The maximum absolute atomic E-state index is 14.8. The second kappa shape index (κ2) is 8.32. The maximum atomic E-state index is 14.8. The van der Waals surface area contributed by atoms with Crippen LogP contribution in [0.15, 0.2) is 18.2 Å². The molecule has 1 aromatic rings. The van der Waals surface area contributed by atoms with Gasteiger partial charge in [0.15, 0.2) is 0 Å². The summed E-state index contributed by atoms with van der Waals surface area (Å²) >= 11 is 0. The van der Waals surface area contributed by atoms with Crippen molar-refractivity contribution in [3.05, 3.63) is 35.1 Å². The van der Waals surface area contributed by atoms with Crippen LogP contribution < -0.4 is 0 Å². The van der Waals surface area contributed by atoms with Crippen molar-refractivity contribution in [1.29, 1.82) is 0 Å². The van der Waals surface area contributed by atoms with Gasteiger partial charge in [-0.15, -0.1) is 0 Å². The van der Waals surface area contributed by atoms with Crippen LogP contribution in [0.1, 0.15) is 101 Å². The van der Waals surface area contributed by atoms with Crippen LogP contribution in [0.25, 0.3) is 0 Å². The largest absolute Gasteiger partial charge is 0.340 e. The summed E-state index contributed by atoms with van der Waals surface area (Å²) < 4.78 is 14.8. The molecule has 0 heterocycles. The zero-order chi connectivity index (χ0) is 18.8. The van der Waals surface area contributed by atoms with Gasteiger partial charge in [-0.05, 0) is 68.1 Å². The van der Waals surface area contributed by atoms with Crippen molar-refractivity contribution in [3.63, 3.8) is 0 Å². The van der Waals surface area contributed by atoms with Crippen molar-refractivity contribution in [2.75, 3.05) is 6.54 Å². The van der Waals surface area contributed by atoms with Gasteiger partial charge >= 0.3 is 0 Å². The molecule has 2 nitrogen and oxygen atoms in total. The molecule has 2 atom stereocenters. The molecule has 0 saturated heterocycles. The molecule has 2 unspecified atom stereocenters. The quantitative estimate of drug-likeness (QED) is 0.607. The van der Waals surface area contributed by atoms with Gasteiger partial charge in [-0.1, -0.05) is 50.7 Å². The molecular weight excluding hydrogens is 337 g/mol. The number of hydrogen-bond acceptors (Lipinski definition) is 1. The monoisotopic (exact) mass is 371 g/mol. The fourth-order valence-electron chi connectivity index (χ4n) is 5.55. The Kier molecular flexibility index (Phi) is 5.85. The van der Waals surface area contributed by atoms with Gasteiger partial charge in [-0.25, -0.2) is 4.39 Å². The zero-order valence-corrected chi connectivity index (χ0v) is 16.8. The molecular formula is C24H34FNO. The van der Waals surface area contributed by atoms with Crippen LogP contribution in [0, 0.1) is 11.7 Å². The minimum Gasteiger partial charge on any atom is -0.340 e. The SMILES string of the molecule is CCN(C(=O)C1CC1c1ccc(C2CCCCC2)c(F)c1)C1CCCCC1. The van der Waals surface area contributed by atoms with Gasteiger partial charge in [0.1, 0.15) is 5.82 Å². The predicted molar refractivity (Wildman–Crippen MR) is 107 cm³/mol. The third-order valence-electron chi connectivity index (χ3n) is 7.24. The van der Waals surface area contributed by atoms with E-state index in [9.17, 15) is 9.18 Å². The molecule has 0 bridgehead atoms. The molecule has 0 radical (unpaired) electrons. The molecule has 3 saturated carbocycles. The van der Waals surface area contributed by atoms with Gasteiger partial charge in [0.05, 0.1) is 0 Å². The first kappa shape index (κ1) is 19.0. The Balaban J connectivity index is 1.41. The van der Waals surface area contributed by atoms with Crippen LogP contribution in [0.4, 0.5) is 4.39 Å². The van der Waals surface area contributed by atoms with Crippen molar-refractivity contribution >= 4 is 5.91 Å². The Morgan fingerprint density at radius 3 is 2.33 bits per heavy atom. The molecule has 0 spiro atoms. The van der Waals surface area contributed by atoms with Crippen LogP contribution in [0.2, 0.25) is 0 Å². The van der Waals surface area contributed by atoms with Crippen LogP contribution in [-0.2, 0) is 4.79 Å². The molecule has 3 aliphatic carbocycles. The Morgan fingerprint density at radius 1 is 1.04 bits per heavy atom. The summed E-state index contributed by atoms with van der Waals surface area (Å²) in [5, 5.41) is 0. The van der Waals surface area contributed by atoms with Crippen LogP contribution in [0.5, 0.6) is 0 Å². The molecule has 0 N–H and O–H groups in total. The number of hydrogen-bond donors (Lipinski definition) is 0. The van der Waals surface area contributed by atoms with E-state index in [2.05, 4.69) is 17.9 Å². The van der Waals surface area contributed by atoms with Gasteiger partial charge in [0, 0.05) is 18.5 Å². The van der Waals surface area contributed by atoms with Crippen molar-refractivity contribution < 1.29 is 9.18 Å². The molecule has 1 amide bonds. The maximum Gasteiger partial charge on any atom is 0.226 e. The summed E-state index contributed by atoms with van der Waals surface area (Å²) in [5.41, 5.74) is 1.93. The van der Waals surface area contributed by atoms with E-state index in [-0.39, 0.29) is 17.7 Å². The highest BCUT2D eigenvalue weighted by Gasteiger charge is 2.46. The van der Waals surface area contributed by atoms with Crippen molar-refractivity contribution in [3.8, 4) is 0 Å². The first-order valence-corrected chi connectivity index (χ1v) is 11.3. The molecule has 1 aromatic carbocycles. The number of nitrogens with zero attached hydrogens (tertiary/aromatic N) is 1. The Bertz CT molecular complexity index is 660. The standard InChI is InChI=1S/C24H34FNO/c1-2-26(19-11-7-4-8-12-19)24(27)22-16-21(22)18-13-14-20(23(25)15-18)17-9-5-3-6-10-17/h13-15,17,19,21-22H,2-12,16H2,1H3. The molecule has 27 heavy (non-hydrogen) atoms. The minimum atomic E-state index is -0.0443. The minimum absolute atomic E-state index is 0.0443. The molecule has 148 valence electrons. The Morgan fingerprint density at radius 2 is 1.70 bits per heavy atom. The lowest BCUT2D eigenvalue weighted by Crippen LogP contribution is -2.42. The third kappa shape index (κ3) is 4.07. The number of amides is 1. The van der Waals surface area contributed by atoms with Crippen LogP contribution >= 0.6 is 0 Å². The topological polar surface area (TPSA) is 20.3 Å². The second-order valence-electron chi connectivity index (χ2n) is 8.98. The zero-order valence-electron chi connectivity index (χ0n) is 16.8. The summed E-state index contributed by atoms with van der Waals surface area (Å²) in [4.78, 5) is 15.2. The highest BCUT2D eigenvalue weighted by Crippen LogP contribution is 2.49. The van der Waals surface area contributed by atoms with Gasteiger partial charge in [-0.2, -0.15) is 0 Å². The van der Waals surface area contributed by atoms with E-state index in [4.69, 9.17) is 0 Å². The summed E-state index contributed by atoms with van der Waals surface area (Å²) in [6.45, 7) is 2.91. The predicted octanol–water partition coefficient (Wildman–Crippen LogP) is 6.16. The fraction of sp³-hybridized carbons (Fsp3) is 0.708. The third-order valence-corrected chi connectivity index (χ3v) is 7.24. The first-order chi connectivity index (χ1) is 13.2. The first-order valence-electron chi connectivity index (χ1n) is 11.3. The van der Waals surface area contributed by atoms with E-state index >= 15 is 0 Å². The van der Waals surface area contributed by atoms with E-state index in [1.807, 2.05) is 6.07 Å². The smallest absolute Gasteiger partial charge is 0.226 e. The van der Waals surface area contributed by atoms with E-state index in [0.29, 0.717) is 17.9 Å². The van der Waals surface area contributed by atoms with Gasteiger partial charge in [0.25, 0.3) is 0 Å². The summed E-state index contributed by atoms with van der Waals surface area (Å²) in [6, 6.07) is 6.28. The van der Waals surface area contributed by atoms with E-state index in [0.717, 1.165) is 49.8 Å². The average molecular weight is 372 g/mol.